The lowest BCUT2D eigenvalue weighted by atomic mass is 9.83. The topological polar surface area (TPSA) is 107 Å². The molecule has 188 valence electrons. The summed E-state index contributed by atoms with van der Waals surface area (Å²) < 4.78 is 7.81. The van der Waals surface area contributed by atoms with Crippen molar-refractivity contribution in [2.45, 2.75) is 13.8 Å². The largest absolute Gasteiger partial charge is 0.491 e. The maximum atomic E-state index is 11.7. The van der Waals surface area contributed by atoms with Crippen molar-refractivity contribution in [3.8, 4) is 35.3 Å². The van der Waals surface area contributed by atoms with E-state index >= 15 is 0 Å². The van der Waals surface area contributed by atoms with Crippen LogP contribution in [-0.4, -0.2) is 82.1 Å². The summed E-state index contributed by atoms with van der Waals surface area (Å²) in [6.07, 6.45) is 10.3. The maximum absolute atomic E-state index is 11.7. The summed E-state index contributed by atoms with van der Waals surface area (Å²) in [4.78, 5) is 33.5. The number of terminal acetylenes is 1. The van der Waals surface area contributed by atoms with Gasteiger partial charge in [0.1, 0.15) is 17.6 Å². The van der Waals surface area contributed by atoms with E-state index in [1.807, 2.05) is 18.2 Å². The van der Waals surface area contributed by atoms with Gasteiger partial charge in [0.15, 0.2) is 0 Å². The van der Waals surface area contributed by atoms with Crippen LogP contribution in [-0.2, 0) is 9.59 Å². The fraction of sp³-hybridized carbons (Fsp3) is 0.370. The third-order valence-corrected chi connectivity index (χ3v) is 6.96. The Hall–Kier alpha value is -4.57. The number of nitrogens with zero attached hydrogens (tertiary/aromatic N) is 7. The molecule has 2 aliphatic rings. The average Bonchev–Trinajstić information content (AvgIpc) is 3.32. The number of anilines is 1. The smallest absolute Gasteiger partial charge is 0.298 e. The number of ether oxygens (including phenoxy) is 1. The molecule has 0 saturated carbocycles. The van der Waals surface area contributed by atoms with Crippen molar-refractivity contribution in [2.24, 2.45) is 5.41 Å². The molecule has 0 aliphatic carbocycles. The van der Waals surface area contributed by atoms with Gasteiger partial charge >= 0.3 is 0 Å². The minimum absolute atomic E-state index is 0.0700. The number of carbonyl (C=O) groups is 2. The molecule has 0 radical (unpaired) electrons. The van der Waals surface area contributed by atoms with Gasteiger partial charge in [-0.25, -0.2) is 9.50 Å². The molecule has 2 amide bonds. The van der Waals surface area contributed by atoms with Crippen LogP contribution in [0.5, 0.6) is 5.75 Å². The zero-order valence-electron chi connectivity index (χ0n) is 20.8. The Morgan fingerprint density at radius 3 is 2.54 bits per heavy atom. The van der Waals surface area contributed by atoms with E-state index in [1.54, 1.807) is 39.8 Å². The standard InChI is InChI=1S/C27H27N7O3/c1-4-25(36)32-9-7-31(8-10-32)24-6-5-20(13-29-24)23-11-22(15-34-26(23)21(12-28)14-30-34)37-18-27(3)16-33(17-27)19(2)35/h1,5-6,11,13-15H,7-10,16-18H2,2-3H3. The van der Waals surface area contributed by atoms with Gasteiger partial charge in [-0.05, 0) is 24.1 Å². The monoisotopic (exact) mass is 497 g/mol. The number of aromatic nitrogens is 3. The van der Waals surface area contributed by atoms with Crippen molar-refractivity contribution in [3.63, 3.8) is 0 Å². The van der Waals surface area contributed by atoms with E-state index in [1.165, 1.54) is 0 Å². The van der Waals surface area contributed by atoms with Crippen molar-refractivity contribution in [1.29, 1.82) is 5.26 Å². The maximum Gasteiger partial charge on any atom is 0.298 e. The summed E-state index contributed by atoms with van der Waals surface area (Å²) in [5, 5.41) is 14.0. The number of hydrogen-bond donors (Lipinski definition) is 0. The summed E-state index contributed by atoms with van der Waals surface area (Å²) in [6, 6.07) is 8.02. The number of rotatable bonds is 5. The lowest BCUT2D eigenvalue weighted by molar-refractivity contribution is -0.141. The lowest BCUT2D eigenvalue weighted by Gasteiger charge is -2.47. The summed E-state index contributed by atoms with van der Waals surface area (Å²) in [7, 11) is 0. The van der Waals surface area contributed by atoms with Gasteiger partial charge in [-0.1, -0.05) is 6.92 Å². The number of likely N-dealkylation sites (tertiary alicyclic amines) is 1. The lowest BCUT2D eigenvalue weighted by Crippen LogP contribution is -2.58. The van der Waals surface area contributed by atoms with Crippen molar-refractivity contribution in [2.75, 3.05) is 50.8 Å². The van der Waals surface area contributed by atoms with Crippen molar-refractivity contribution >= 4 is 23.1 Å². The SMILES string of the molecule is C#CC(=O)N1CCN(c2ccc(-c3cc(OCC4(C)CN(C(C)=O)C4)cn4ncc(C#N)c34)cn2)CC1. The van der Waals surface area contributed by atoms with Crippen molar-refractivity contribution < 1.29 is 14.3 Å². The molecule has 0 unspecified atom stereocenters. The van der Waals surface area contributed by atoms with Gasteiger partial charge in [0, 0.05) is 68.9 Å². The third-order valence-electron chi connectivity index (χ3n) is 6.96. The van der Waals surface area contributed by atoms with E-state index in [9.17, 15) is 14.9 Å². The van der Waals surface area contributed by atoms with Gasteiger partial charge in [-0.15, -0.1) is 6.42 Å². The van der Waals surface area contributed by atoms with Crippen LogP contribution in [0.4, 0.5) is 5.82 Å². The Balaban J connectivity index is 1.37. The highest BCUT2D eigenvalue weighted by Crippen LogP contribution is 2.34. The molecule has 5 rings (SSSR count). The highest BCUT2D eigenvalue weighted by atomic mass is 16.5. The van der Waals surface area contributed by atoms with E-state index in [2.05, 4.69) is 33.9 Å². The molecule has 0 spiro atoms. The summed E-state index contributed by atoms with van der Waals surface area (Å²) in [5.74, 6) is 3.38. The molecular formula is C27H27N7O3. The molecule has 0 N–H and O–H groups in total. The molecule has 0 atom stereocenters. The highest BCUT2D eigenvalue weighted by Gasteiger charge is 2.40. The van der Waals surface area contributed by atoms with Crippen LogP contribution in [0.3, 0.4) is 0 Å². The van der Waals surface area contributed by atoms with Crippen molar-refractivity contribution in [3.05, 3.63) is 42.4 Å². The molecule has 2 aliphatic heterocycles. The molecule has 3 aromatic rings. The second-order valence-corrected chi connectivity index (χ2v) is 9.86. The number of carbonyl (C=O) groups excluding carboxylic acids is 2. The predicted molar refractivity (Wildman–Crippen MR) is 137 cm³/mol. The van der Waals surface area contributed by atoms with E-state index in [4.69, 9.17) is 11.2 Å². The second kappa shape index (κ2) is 9.47. The minimum Gasteiger partial charge on any atom is -0.491 e. The third kappa shape index (κ3) is 4.66. The molecule has 10 heteroatoms. The van der Waals surface area contributed by atoms with Gasteiger partial charge in [0.25, 0.3) is 5.91 Å². The molecule has 5 heterocycles. The van der Waals surface area contributed by atoms with E-state index in [0.29, 0.717) is 62.7 Å². The summed E-state index contributed by atoms with van der Waals surface area (Å²) >= 11 is 0. The van der Waals surface area contributed by atoms with Gasteiger partial charge < -0.3 is 19.4 Å². The number of nitriles is 1. The number of hydrogen-bond acceptors (Lipinski definition) is 7. The predicted octanol–water partition coefficient (Wildman–Crippen LogP) is 1.80. The van der Waals surface area contributed by atoms with Crippen LogP contribution in [0.25, 0.3) is 16.6 Å². The quantitative estimate of drug-likeness (QED) is 0.495. The van der Waals surface area contributed by atoms with Gasteiger partial charge in [0.2, 0.25) is 5.91 Å². The molecule has 37 heavy (non-hydrogen) atoms. The Morgan fingerprint density at radius 2 is 1.92 bits per heavy atom. The van der Waals surface area contributed by atoms with Gasteiger partial charge in [-0.2, -0.15) is 10.4 Å². The molecule has 2 saturated heterocycles. The molecule has 10 nitrogen and oxygen atoms in total. The van der Waals surface area contributed by atoms with E-state index < -0.39 is 0 Å². The fourth-order valence-electron chi connectivity index (χ4n) is 4.89. The molecule has 0 bridgehead atoms. The van der Waals surface area contributed by atoms with Crippen LogP contribution >= 0.6 is 0 Å². The number of amides is 2. The van der Waals surface area contributed by atoms with Crippen LogP contribution in [0, 0.1) is 29.1 Å². The zero-order chi connectivity index (χ0) is 26.2. The number of pyridine rings is 2. The number of piperazine rings is 1. The van der Waals surface area contributed by atoms with E-state index in [-0.39, 0.29) is 17.2 Å². The van der Waals surface area contributed by atoms with Gasteiger partial charge in [-0.3, -0.25) is 9.59 Å². The summed E-state index contributed by atoms with van der Waals surface area (Å²) in [5.41, 5.74) is 2.65. The van der Waals surface area contributed by atoms with Gasteiger partial charge in [0.05, 0.1) is 30.1 Å². The van der Waals surface area contributed by atoms with Crippen molar-refractivity contribution in [1.82, 2.24) is 24.4 Å². The highest BCUT2D eigenvalue weighted by molar-refractivity contribution is 5.93. The molecule has 3 aromatic heterocycles. The molecular weight excluding hydrogens is 470 g/mol. The molecule has 2 fully saturated rings. The number of fused-ring (bicyclic) bond motifs is 1. The first kappa shape index (κ1) is 24.1. The summed E-state index contributed by atoms with van der Waals surface area (Å²) in [6.45, 7) is 7.85. The van der Waals surface area contributed by atoms with E-state index in [0.717, 1.165) is 16.9 Å². The first-order valence-corrected chi connectivity index (χ1v) is 12.1. The Labute approximate surface area is 215 Å². The second-order valence-electron chi connectivity index (χ2n) is 9.86. The van der Waals surface area contributed by atoms with Crippen LogP contribution in [0.15, 0.2) is 36.8 Å². The van der Waals surface area contributed by atoms with Crippen LogP contribution < -0.4 is 9.64 Å². The normalized spacial score (nSPS) is 16.6. The first-order valence-electron chi connectivity index (χ1n) is 12.1. The average molecular weight is 498 g/mol. The fourth-order valence-corrected chi connectivity index (χ4v) is 4.89. The Bertz CT molecular complexity index is 1430. The zero-order valence-corrected chi connectivity index (χ0v) is 20.8. The first-order chi connectivity index (χ1) is 17.8. The minimum atomic E-state index is -0.286. The molecule has 0 aromatic carbocycles. The van der Waals surface area contributed by atoms with Crippen LogP contribution in [0.1, 0.15) is 19.4 Å². The Kier molecular flexibility index (Phi) is 6.18. The Morgan fingerprint density at radius 1 is 1.16 bits per heavy atom. The van der Waals surface area contributed by atoms with Crippen LogP contribution in [0.2, 0.25) is 0 Å².